The zero-order valence-electron chi connectivity index (χ0n) is 15.7. The van der Waals surface area contributed by atoms with Gasteiger partial charge in [-0.2, -0.15) is 0 Å². The first-order valence-electron chi connectivity index (χ1n) is 9.15. The Balaban J connectivity index is 1.61. The van der Waals surface area contributed by atoms with E-state index in [1.807, 2.05) is 23.1 Å². The summed E-state index contributed by atoms with van der Waals surface area (Å²) >= 11 is 0. The van der Waals surface area contributed by atoms with E-state index in [1.54, 1.807) is 19.9 Å². The number of hydrogen-bond donors (Lipinski definition) is 2. The van der Waals surface area contributed by atoms with E-state index >= 15 is 0 Å². The number of carbonyl (C=O) groups is 2. The van der Waals surface area contributed by atoms with Crippen molar-refractivity contribution in [2.75, 3.05) is 13.1 Å². The van der Waals surface area contributed by atoms with Gasteiger partial charge in [0.05, 0.1) is 6.42 Å². The van der Waals surface area contributed by atoms with E-state index in [-0.39, 0.29) is 23.8 Å². The van der Waals surface area contributed by atoms with Gasteiger partial charge in [0, 0.05) is 36.5 Å². The van der Waals surface area contributed by atoms with Crippen molar-refractivity contribution in [3.05, 3.63) is 62.8 Å². The minimum atomic E-state index is -0.284. The smallest absolute Gasteiger partial charge is 0.254 e. The molecule has 7 heteroatoms. The summed E-state index contributed by atoms with van der Waals surface area (Å²) in [6.07, 6.45) is 2.07. The Morgan fingerprint density at radius 2 is 1.96 bits per heavy atom. The molecule has 142 valence electrons. The van der Waals surface area contributed by atoms with Crippen LogP contribution in [0.5, 0.6) is 0 Å². The van der Waals surface area contributed by atoms with Crippen molar-refractivity contribution in [1.82, 2.24) is 20.2 Å². The van der Waals surface area contributed by atoms with E-state index in [4.69, 9.17) is 0 Å². The lowest BCUT2D eigenvalue weighted by molar-refractivity contribution is -0.120. The number of aromatic nitrogens is 2. The van der Waals surface area contributed by atoms with Crippen LogP contribution in [0.4, 0.5) is 0 Å². The summed E-state index contributed by atoms with van der Waals surface area (Å²) in [5.74, 6) is 0.306. The summed E-state index contributed by atoms with van der Waals surface area (Å²) in [4.78, 5) is 45.4. The number of aromatic amines is 1. The number of carbonyl (C=O) groups excluding carboxylic acids is 2. The average Bonchev–Trinajstić information content (AvgIpc) is 3.17. The maximum Gasteiger partial charge on any atom is 0.254 e. The molecule has 0 spiro atoms. The molecule has 7 nitrogen and oxygen atoms in total. The lowest BCUT2D eigenvalue weighted by Gasteiger charge is -2.15. The van der Waals surface area contributed by atoms with Gasteiger partial charge < -0.3 is 15.2 Å². The fraction of sp³-hybridized carbons (Fsp3) is 0.400. The van der Waals surface area contributed by atoms with Gasteiger partial charge in [-0.25, -0.2) is 4.98 Å². The molecule has 2 amide bonds. The molecule has 0 unspecified atom stereocenters. The van der Waals surface area contributed by atoms with Gasteiger partial charge in [0.25, 0.3) is 11.5 Å². The molecule has 2 N–H and O–H groups in total. The second-order valence-corrected chi connectivity index (χ2v) is 6.87. The summed E-state index contributed by atoms with van der Waals surface area (Å²) in [6, 6.07) is 7.30. The molecule has 0 bridgehead atoms. The van der Waals surface area contributed by atoms with Crippen LogP contribution in [0.2, 0.25) is 0 Å². The molecular formula is C20H24N4O3. The summed E-state index contributed by atoms with van der Waals surface area (Å²) in [5, 5.41) is 2.81. The van der Waals surface area contributed by atoms with Crippen LogP contribution >= 0.6 is 0 Å². The van der Waals surface area contributed by atoms with Crippen molar-refractivity contribution in [2.45, 2.75) is 39.7 Å². The number of rotatable bonds is 5. The maximum atomic E-state index is 12.5. The van der Waals surface area contributed by atoms with Gasteiger partial charge in [0.1, 0.15) is 5.82 Å². The van der Waals surface area contributed by atoms with Crippen LogP contribution in [-0.4, -0.2) is 39.8 Å². The molecule has 0 aliphatic carbocycles. The molecule has 1 aromatic heterocycles. The molecule has 2 heterocycles. The lowest BCUT2D eigenvalue weighted by atomic mass is 10.1. The minimum Gasteiger partial charge on any atom is -0.352 e. The van der Waals surface area contributed by atoms with E-state index in [2.05, 4.69) is 15.3 Å². The first-order chi connectivity index (χ1) is 12.9. The van der Waals surface area contributed by atoms with Gasteiger partial charge in [0.2, 0.25) is 5.91 Å². The van der Waals surface area contributed by atoms with Crippen LogP contribution < -0.4 is 10.9 Å². The number of nitrogens with zero attached hydrogens (tertiary/aromatic N) is 2. The quantitative estimate of drug-likeness (QED) is 0.836. The van der Waals surface area contributed by atoms with Crippen molar-refractivity contribution in [3.8, 4) is 0 Å². The monoisotopic (exact) mass is 368 g/mol. The average molecular weight is 368 g/mol. The van der Waals surface area contributed by atoms with E-state index in [1.165, 1.54) is 0 Å². The molecule has 1 aliphatic heterocycles. The van der Waals surface area contributed by atoms with Crippen LogP contribution in [0.3, 0.4) is 0 Å². The molecule has 1 saturated heterocycles. The van der Waals surface area contributed by atoms with Gasteiger partial charge in [-0.3, -0.25) is 14.4 Å². The van der Waals surface area contributed by atoms with Gasteiger partial charge in [-0.05, 0) is 44.4 Å². The molecule has 2 aromatic rings. The predicted molar refractivity (Wildman–Crippen MR) is 101 cm³/mol. The Bertz CT molecular complexity index is 914. The van der Waals surface area contributed by atoms with Gasteiger partial charge in [-0.1, -0.05) is 12.1 Å². The fourth-order valence-electron chi connectivity index (χ4n) is 3.30. The van der Waals surface area contributed by atoms with Gasteiger partial charge in [-0.15, -0.1) is 0 Å². The zero-order valence-corrected chi connectivity index (χ0v) is 15.7. The molecule has 0 saturated carbocycles. The highest BCUT2D eigenvalue weighted by Crippen LogP contribution is 2.14. The van der Waals surface area contributed by atoms with Crippen LogP contribution in [0.15, 0.2) is 29.1 Å². The van der Waals surface area contributed by atoms with Crippen LogP contribution in [0.1, 0.15) is 45.8 Å². The number of benzene rings is 1. The molecule has 0 atom stereocenters. The summed E-state index contributed by atoms with van der Waals surface area (Å²) < 4.78 is 0. The SMILES string of the molecule is Cc1nc(C)c(CC(=O)NCc2cccc(C(=O)N3CCCC3)c2)c(=O)[nH]1. The summed E-state index contributed by atoms with van der Waals surface area (Å²) in [6.45, 7) is 5.33. The van der Waals surface area contributed by atoms with E-state index in [0.717, 1.165) is 31.5 Å². The Morgan fingerprint density at radius 3 is 2.67 bits per heavy atom. The minimum absolute atomic E-state index is 0.0269. The number of likely N-dealkylation sites (tertiary alicyclic amines) is 1. The number of nitrogens with one attached hydrogen (secondary N) is 2. The van der Waals surface area contributed by atoms with E-state index in [0.29, 0.717) is 29.2 Å². The molecule has 1 aromatic carbocycles. The topological polar surface area (TPSA) is 95.2 Å². The van der Waals surface area contributed by atoms with Crippen LogP contribution in [0.25, 0.3) is 0 Å². The second kappa shape index (κ2) is 8.16. The third-order valence-electron chi connectivity index (χ3n) is 4.73. The number of aryl methyl sites for hydroxylation is 2. The highest BCUT2D eigenvalue weighted by molar-refractivity contribution is 5.94. The normalized spacial score (nSPS) is 13.6. The number of hydrogen-bond acceptors (Lipinski definition) is 4. The molecular weight excluding hydrogens is 344 g/mol. The maximum absolute atomic E-state index is 12.5. The van der Waals surface area contributed by atoms with Crippen molar-refractivity contribution in [3.63, 3.8) is 0 Å². The Labute approximate surface area is 157 Å². The largest absolute Gasteiger partial charge is 0.352 e. The van der Waals surface area contributed by atoms with Crippen molar-refractivity contribution >= 4 is 11.8 Å². The second-order valence-electron chi connectivity index (χ2n) is 6.87. The summed E-state index contributed by atoms with van der Waals surface area (Å²) in [5.41, 5.74) is 2.13. The zero-order chi connectivity index (χ0) is 19.4. The molecule has 0 radical (unpaired) electrons. The van der Waals surface area contributed by atoms with Crippen LogP contribution in [-0.2, 0) is 17.8 Å². The predicted octanol–water partition coefficient (Wildman–Crippen LogP) is 1.48. The molecule has 27 heavy (non-hydrogen) atoms. The lowest BCUT2D eigenvalue weighted by Crippen LogP contribution is -2.29. The van der Waals surface area contributed by atoms with Crippen molar-refractivity contribution in [2.24, 2.45) is 0 Å². The van der Waals surface area contributed by atoms with Crippen molar-refractivity contribution in [1.29, 1.82) is 0 Å². The first kappa shape index (κ1) is 18.8. The molecule has 1 fully saturated rings. The Kier molecular flexibility index (Phi) is 5.69. The first-order valence-corrected chi connectivity index (χ1v) is 9.15. The third-order valence-corrected chi connectivity index (χ3v) is 4.73. The highest BCUT2D eigenvalue weighted by atomic mass is 16.2. The third kappa shape index (κ3) is 4.61. The standard InChI is InChI=1S/C20H24N4O3/c1-13-17(19(26)23-14(2)22-13)11-18(25)21-12-15-6-5-7-16(10-15)20(27)24-8-3-4-9-24/h5-7,10H,3-4,8-9,11-12H2,1-2H3,(H,21,25)(H,22,23,26). The van der Waals surface area contributed by atoms with E-state index < -0.39 is 0 Å². The summed E-state index contributed by atoms with van der Waals surface area (Å²) in [7, 11) is 0. The highest BCUT2D eigenvalue weighted by Gasteiger charge is 2.19. The van der Waals surface area contributed by atoms with Gasteiger partial charge >= 0.3 is 0 Å². The Hall–Kier alpha value is -2.96. The number of amides is 2. The molecule has 3 rings (SSSR count). The fourth-order valence-corrected chi connectivity index (χ4v) is 3.30. The number of H-pyrrole nitrogens is 1. The van der Waals surface area contributed by atoms with Crippen LogP contribution in [0, 0.1) is 13.8 Å². The van der Waals surface area contributed by atoms with E-state index in [9.17, 15) is 14.4 Å². The van der Waals surface area contributed by atoms with Crippen molar-refractivity contribution < 1.29 is 9.59 Å². The van der Waals surface area contributed by atoms with Gasteiger partial charge in [0.15, 0.2) is 0 Å². The Morgan fingerprint density at radius 1 is 1.22 bits per heavy atom. The molecule has 1 aliphatic rings.